The van der Waals surface area contributed by atoms with E-state index >= 15 is 0 Å². The first kappa shape index (κ1) is 22.0. The van der Waals surface area contributed by atoms with Crippen molar-refractivity contribution in [1.29, 1.82) is 0 Å². The Balaban J connectivity index is 1.49. The highest BCUT2D eigenvalue weighted by atomic mass is 16.5. The number of ether oxygens (including phenoxy) is 1. The average molecular weight is 435 g/mol. The molecule has 0 spiro atoms. The number of guanidine groups is 1. The number of fused-ring (bicyclic) bond motifs is 1. The van der Waals surface area contributed by atoms with Crippen LogP contribution in [0.4, 0.5) is 0 Å². The summed E-state index contributed by atoms with van der Waals surface area (Å²) in [5.41, 5.74) is 9.18. The van der Waals surface area contributed by atoms with E-state index in [1.54, 1.807) is 12.1 Å². The molecule has 0 bridgehead atoms. The molecule has 168 valence electrons. The van der Waals surface area contributed by atoms with E-state index in [1.165, 1.54) is 4.90 Å². The van der Waals surface area contributed by atoms with Crippen molar-refractivity contribution in [3.63, 3.8) is 0 Å². The van der Waals surface area contributed by atoms with Crippen LogP contribution in [0.25, 0.3) is 0 Å². The minimum absolute atomic E-state index is 0.0560. The molecule has 1 unspecified atom stereocenters. The molecule has 7 nitrogen and oxygen atoms in total. The third kappa shape index (κ3) is 4.39. The minimum atomic E-state index is -0.488. The Labute approximate surface area is 188 Å². The van der Waals surface area contributed by atoms with Crippen LogP contribution in [0.2, 0.25) is 0 Å². The van der Waals surface area contributed by atoms with Gasteiger partial charge in [0.05, 0.1) is 37.8 Å². The van der Waals surface area contributed by atoms with Gasteiger partial charge in [-0.3, -0.25) is 14.5 Å². The molecular formula is C25H30N4O3. The van der Waals surface area contributed by atoms with Gasteiger partial charge < -0.3 is 15.8 Å². The summed E-state index contributed by atoms with van der Waals surface area (Å²) in [6.45, 7) is 7.30. The molecule has 2 aromatic carbocycles. The van der Waals surface area contributed by atoms with E-state index in [0.717, 1.165) is 16.7 Å². The predicted octanol–water partition coefficient (Wildman–Crippen LogP) is 3.15. The fraction of sp³-hybridized carbons (Fsp3) is 0.400. The number of benzene rings is 2. The maximum Gasteiger partial charge on any atom is 0.251 e. The van der Waals surface area contributed by atoms with Gasteiger partial charge in [-0.05, 0) is 41.7 Å². The van der Waals surface area contributed by atoms with Gasteiger partial charge in [-0.1, -0.05) is 50.2 Å². The van der Waals surface area contributed by atoms with Crippen molar-refractivity contribution in [3.8, 4) is 0 Å². The molecule has 3 N–H and O–H groups in total. The number of hydrogen-bond acceptors (Lipinski definition) is 5. The van der Waals surface area contributed by atoms with Crippen molar-refractivity contribution in [3.05, 3.63) is 70.8 Å². The summed E-state index contributed by atoms with van der Waals surface area (Å²) in [6, 6.07) is 15.0. The molecule has 2 heterocycles. The highest BCUT2D eigenvalue weighted by Crippen LogP contribution is 2.30. The first-order valence-corrected chi connectivity index (χ1v) is 11.0. The summed E-state index contributed by atoms with van der Waals surface area (Å²) in [5.74, 6) is 0.187. The van der Waals surface area contributed by atoms with Gasteiger partial charge in [0.25, 0.3) is 5.91 Å². The molecular weight excluding hydrogens is 404 g/mol. The lowest BCUT2D eigenvalue weighted by atomic mass is 9.84. The summed E-state index contributed by atoms with van der Waals surface area (Å²) < 4.78 is 5.64. The van der Waals surface area contributed by atoms with E-state index in [4.69, 9.17) is 10.5 Å². The zero-order chi connectivity index (χ0) is 22.9. The molecule has 2 aliphatic heterocycles. The number of carbonyl (C=O) groups is 2. The number of rotatable bonds is 5. The molecule has 4 rings (SSSR count). The Bertz CT molecular complexity index is 1060. The molecule has 2 atom stereocenters. The number of hydrogen-bond donors (Lipinski definition) is 2. The van der Waals surface area contributed by atoms with E-state index in [1.807, 2.05) is 57.2 Å². The van der Waals surface area contributed by atoms with E-state index < -0.39 is 5.54 Å². The average Bonchev–Trinajstić information content (AvgIpc) is 2.76. The van der Waals surface area contributed by atoms with Crippen LogP contribution in [0, 0.1) is 5.92 Å². The molecule has 0 saturated heterocycles. The van der Waals surface area contributed by atoms with Crippen LogP contribution in [0.5, 0.6) is 0 Å². The zero-order valence-electron chi connectivity index (χ0n) is 18.8. The zero-order valence-corrected chi connectivity index (χ0v) is 18.8. The minimum Gasteiger partial charge on any atom is -0.374 e. The summed E-state index contributed by atoms with van der Waals surface area (Å²) in [4.78, 5) is 31.9. The van der Waals surface area contributed by atoms with Crippen LogP contribution in [-0.4, -0.2) is 34.8 Å². The predicted molar refractivity (Wildman–Crippen MR) is 123 cm³/mol. The molecule has 0 aliphatic carbocycles. The second-order valence-electron chi connectivity index (χ2n) is 9.08. The van der Waals surface area contributed by atoms with Gasteiger partial charge in [-0.2, -0.15) is 0 Å². The van der Waals surface area contributed by atoms with Crippen LogP contribution in [0.15, 0.2) is 53.5 Å². The molecule has 0 fully saturated rings. The van der Waals surface area contributed by atoms with Gasteiger partial charge in [0.1, 0.15) is 0 Å². The highest BCUT2D eigenvalue weighted by molar-refractivity contribution is 5.99. The monoisotopic (exact) mass is 434 g/mol. The SMILES string of the molecule is CC(C)[C@]1(C)CC(=O)N(Cc2cccc(C(=O)NC3COCc4ccccc43)c2)C(N)=N1. The Morgan fingerprint density at radius 3 is 2.81 bits per heavy atom. The van der Waals surface area contributed by atoms with Crippen LogP contribution >= 0.6 is 0 Å². The van der Waals surface area contributed by atoms with Crippen molar-refractivity contribution in [2.24, 2.45) is 16.6 Å². The normalized spacial score (nSPS) is 23.0. The molecule has 2 aromatic rings. The Morgan fingerprint density at radius 1 is 1.28 bits per heavy atom. The summed E-state index contributed by atoms with van der Waals surface area (Å²) >= 11 is 0. The van der Waals surface area contributed by atoms with Crippen LogP contribution in [0.1, 0.15) is 60.3 Å². The molecule has 0 saturated carbocycles. The largest absolute Gasteiger partial charge is 0.374 e. The third-order valence-corrected chi connectivity index (χ3v) is 6.51. The fourth-order valence-electron chi connectivity index (χ4n) is 4.13. The molecule has 7 heteroatoms. The molecule has 32 heavy (non-hydrogen) atoms. The van der Waals surface area contributed by atoms with Crippen molar-refractivity contribution in [2.75, 3.05) is 6.61 Å². The maximum absolute atomic E-state index is 13.0. The standard InChI is InChI=1S/C25H30N4O3/c1-16(2)25(3)12-22(30)29(24(26)28-25)13-17-7-6-9-18(11-17)23(31)27-21-15-32-14-19-8-4-5-10-20(19)21/h4-11,16,21H,12-15H2,1-3H3,(H2,26,28)(H,27,31)/t21?,25-/m0/s1. The van der Waals surface area contributed by atoms with Crippen molar-refractivity contribution in [2.45, 2.75) is 51.9 Å². The highest BCUT2D eigenvalue weighted by Gasteiger charge is 2.38. The second-order valence-corrected chi connectivity index (χ2v) is 9.08. The van der Waals surface area contributed by atoms with Gasteiger partial charge >= 0.3 is 0 Å². The van der Waals surface area contributed by atoms with Gasteiger partial charge in [0.2, 0.25) is 5.91 Å². The Morgan fingerprint density at radius 2 is 2.06 bits per heavy atom. The lowest BCUT2D eigenvalue weighted by Gasteiger charge is -2.37. The smallest absolute Gasteiger partial charge is 0.251 e. The molecule has 2 aliphatic rings. The summed E-state index contributed by atoms with van der Waals surface area (Å²) in [7, 11) is 0. The van der Waals surface area contributed by atoms with Gasteiger partial charge in [-0.25, -0.2) is 4.99 Å². The number of aliphatic imine (C=N–C) groups is 1. The molecule has 0 radical (unpaired) electrons. The molecule has 0 aromatic heterocycles. The van der Waals surface area contributed by atoms with Crippen LogP contribution < -0.4 is 11.1 Å². The van der Waals surface area contributed by atoms with E-state index in [2.05, 4.69) is 10.3 Å². The first-order valence-electron chi connectivity index (χ1n) is 11.0. The lowest BCUT2D eigenvalue weighted by Crippen LogP contribution is -2.51. The first-order chi connectivity index (χ1) is 15.3. The second kappa shape index (κ2) is 8.74. The van der Waals surface area contributed by atoms with Gasteiger partial charge in [0, 0.05) is 5.56 Å². The number of amides is 2. The van der Waals surface area contributed by atoms with E-state index in [0.29, 0.717) is 25.2 Å². The topological polar surface area (TPSA) is 97.0 Å². The number of nitrogens with zero attached hydrogens (tertiary/aromatic N) is 2. The van der Waals surface area contributed by atoms with Gasteiger partial charge in [0.15, 0.2) is 5.96 Å². The molecule has 2 amide bonds. The van der Waals surface area contributed by atoms with Crippen molar-refractivity contribution < 1.29 is 14.3 Å². The van der Waals surface area contributed by atoms with Crippen molar-refractivity contribution in [1.82, 2.24) is 10.2 Å². The maximum atomic E-state index is 13.0. The van der Waals surface area contributed by atoms with Gasteiger partial charge in [-0.15, -0.1) is 0 Å². The summed E-state index contributed by atoms with van der Waals surface area (Å²) in [6.07, 6.45) is 0.312. The number of nitrogens with one attached hydrogen (secondary N) is 1. The summed E-state index contributed by atoms with van der Waals surface area (Å²) in [5, 5.41) is 3.07. The lowest BCUT2D eigenvalue weighted by molar-refractivity contribution is -0.130. The van der Waals surface area contributed by atoms with E-state index in [-0.39, 0.29) is 36.3 Å². The Kier molecular flexibility index (Phi) is 6.02. The number of nitrogens with two attached hydrogens (primary N) is 1. The van der Waals surface area contributed by atoms with Crippen LogP contribution in [0.3, 0.4) is 0 Å². The quantitative estimate of drug-likeness (QED) is 0.755. The van der Waals surface area contributed by atoms with Crippen molar-refractivity contribution >= 4 is 17.8 Å². The fourth-order valence-corrected chi connectivity index (χ4v) is 4.13. The Hall–Kier alpha value is -3.19. The van der Waals surface area contributed by atoms with E-state index in [9.17, 15) is 9.59 Å². The van der Waals surface area contributed by atoms with Crippen LogP contribution in [-0.2, 0) is 22.7 Å². The third-order valence-electron chi connectivity index (χ3n) is 6.51. The number of carbonyl (C=O) groups excluding carboxylic acids is 2.